The number of rotatable bonds is 3. The van der Waals surface area contributed by atoms with Crippen LogP contribution in [0.2, 0.25) is 0 Å². The average molecular weight is 283 g/mol. The number of methoxy groups -OCH3 is 1. The molecule has 1 amide bonds. The minimum Gasteiger partial charge on any atom is -0.465 e. The second-order valence-corrected chi connectivity index (χ2v) is 4.80. The Morgan fingerprint density at radius 2 is 1.71 bits per heavy atom. The predicted octanol–water partition coefficient (Wildman–Crippen LogP) is 3.41. The summed E-state index contributed by atoms with van der Waals surface area (Å²) in [5.74, 6) is -0.487. The van der Waals surface area contributed by atoms with E-state index in [1.165, 1.54) is 14.0 Å². The van der Waals surface area contributed by atoms with Gasteiger partial charge in [0.25, 0.3) is 0 Å². The van der Waals surface area contributed by atoms with Crippen LogP contribution in [-0.2, 0) is 9.53 Å². The summed E-state index contributed by atoms with van der Waals surface area (Å²) in [5.41, 5.74) is 4.18. The lowest BCUT2D eigenvalue weighted by atomic mass is 10.00. The third kappa shape index (κ3) is 3.48. The van der Waals surface area contributed by atoms with Crippen molar-refractivity contribution in [3.8, 4) is 11.1 Å². The highest BCUT2D eigenvalue weighted by atomic mass is 16.5. The van der Waals surface area contributed by atoms with Crippen molar-refractivity contribution >= 4 is 17.6 Å². The summed E-state index contributed by atoms with van der Waals surface area (Å²) in [4.78, 5) is 22.7. The SMILES string of the molecule is COC(=O)c1ccc(-c2cc(C)ccc2NC(C)=O)cc1. The Labute approximate surface area is 123 Å². The van der Waals surface area contributed by atoms with E-state index in [0.29, 0.717) is 5.56 Å². The topological polar surface area (TPSA) is 55.4 Å². The first kappa shape index (κ1) is 14.8. The summed E-state index contributed by atoms with van der Waals surface area (Å²) < 4.78 is 4.68. The predicted molar refractivity (Wildman–Crippen MR) is 82.3 cm³/mol. The van der Waals surface area contributed by atoms with Gasteiger partial charge in [-0.3, -0.25) is 4.79 Å². The van der Waals surface area contributed by atoms with E-state index in [-0.39, 0.29) is 11.9 Å². The van der Waals surface area contributed by atoms with Gasteiger partial charge in [-0.25, -0.2) is 4.79 Å². The number of hydrogen-bond donors (Lipinski definition) is 1. The van der Waals surface area contributed by atoms with Crippen molar-refractivity contribution in [3.05, 3.63) is 53.6 Å². The van der Waals surface area contributed by atoms with Crippen LogP contribution in [0.4, 0.5) is 5.69 Å². The van der Waals surface area contributed by atoms with Crippen LogP contribution in [0.15, 0.2) is 42.5 Å². The fourth-order valence-corrected chi connectivity index (χ4v) is 2.10. The minimum atomic E-state index is -0.368. The molecule has 21 heavy (non-hydrogen) atoms. The molecule has 0 aliphatic rings. The van der Waals surface area contributed by atoms with Gasteiger partial charge in [0.2, 0.25) is 5.91 Å². The van der Waals surface area contributed by atoms with Gasteiger partial charge in [-0.2, -0.15) is 0 Å². The summed E-state index contributed by atoms with van der Waals surface area (Å²) in [6, 6.07) is 12.9. The number of benzene rings is 2. The first-order valence-electron chi connectivity index (χ1n) is 6.58. The van der Waals surface area contributed by atoms with Gasteiger partial charge in [-0.05, 0) is 36.8 Å². The Kier molecular flexibility index (Phi) is 4.38. The molecule has 0 fully saturated rings. The number of anilines is 1. The highest BCUT2D eigenvalue weighted by Gasteiger charge is 2.09. The molecule has 0 aliphatic heterocycles. The molecule has 0 radical (unpaired) electrons. The molecule has 4 heteroatoms. The van der Waals surface area contributed by atoms with Gasteiger partial charge >= 0.3 is 5.97 Å². The molecule has 108 valence electrons. The number of ether oxygens (including phenoxy) is 1. The lowest BCUT2D eigenvalue weighted by Gasteiger charge is -2.11. The van der Waals surface area contributed by atoms with Crippen molar-refractivity contribution in [1.82, 2.24) is 0 Å². The normalized spacial score (nSPS) is 10.0. The van der Waals surface area contributed by atoms with E-state index in [9.17, 15) is 9.59 Å². The third-order valence-corrected chi connectivity index (χ3v) is 3.10. The van der Waals surface area contributed by atoms with Gasteiger partial charge < -0.3 is 10.1 Å². The fourth-order valence-electron chi connectivity index (χ4n) is 2.10. The number of amides is 1. The number of nitrogens with one attached hydrogen (secondary N) is 1. The number of esters is 1. The van der Waals surface area contributed by atoms with Gasteiger partial charge in [0.1, 0.15) is 0 Å². The molecule has 0 unspecified atom stereocenters. The molecule has 0 atom stereocenters. The van der Waals surface area contributed by atoms with Crippen molar-refractivity contribution in [2.75, 3.05) is 12.4 Å². The quantitative estimate of drug-likeness (QED) is 0.878. The molecule has 2 rings (SSSR count). The van der Waals surface area contributed by atoms with E-state index in [1.807, 2.05) is 37.3 Å². The van der Waals surface area contributed by atoms with Gasteiger partial charge in [0, 0.05) is 18.2 Å². The molecule has 0 bridgehead atoms. The molecule has 2 aromatic rings. The molecule has 0 saturated heterocycles. The number of hydrogen-bond acceptors (Lipinski definition) is 3. The summed E-state index contributed by atoms with van der Waals surface area (Å²) in [6.45, 7) is 3.47. The number of carbonyl (C=O) groups excluding carboxylic acids is 2. The fraction of sp³-hybridized carbons (Fsp3) is 0.176. The van der Waals surface area contributed by atoms with Gasteiger partial charge in [0.05, 0.1) is 12.7 Å². The molecule has 0 spiro atoms. The Balaban J connectivity index is 2.43. The number of aryl methyl sites for hydroxylation is 1. The first-order chi connectivity index (χ1) is 10.0. The van der Waals surface area contributed by atoms with Crippen molar-refractivity contribution in [3.63, 3.8) is 0 Å². The van der Waals surface area contributed by atoms with Crippen LogP contribution < -0.4 is 5.32 Å². The van der Waals surface area contributed by atoms with Crippen LogP contribution in [0, 0.1) is 6.92 Å². The molecule has 1 N–H and O–H groups in total. The summed E-state index contributed by atoms with van der Waals surface area (Å²) in [6.07, 6.45) is 0. The van der Waals surface area contributed by atoms with Gasteiger partial charge in [-0.1, -0.05) is 23.8 Å². The molecule has 0 heterocycles. The Morgan fingerprint density at radius 3 is 2.29 bits per heavy atom. The molecule has 0 aromatic heterocycles. The summed E-state index contributed by atoms with van der Waals surface area (Å²) in [5, 5.41) is 2.82. The van der Waals surface area contributed by atoms with Crippen LogP contribution in [0.1, 0.15) is 22.8 Å². The highest BCUT2D eigenvalue weighted by Crippen LogP contribution is 2.29. The Hall–Kier alpha value is -2.62. The molecular formula is C17H17NO3. The zero-order chi connectivity index (χ0) is 15.4. The van der Waals surface area contributed by atoms with Gasteiger partial charge in [-0.15, -0.1) is 0 Å². The second-order valence-electron chi connectivity index (χ2n) is 4.80. The van der Waals surface area contributed by atoms with Crippen molar-refractivity contribution < 1.29 is 14.3 Å². The van der Waals surface area contributed by atoms with E-state index < -0.39 is 0 Å². The highest BCUT2D eigenvalue weighted by molar-refractivity contribution is 5.95. The first-order valence-corrected chi connectivity index (χ1v) is 6.58. The molecule has 4 nitrogen and oxygen atoms in total. The van der Waals surface area contributed by atoms with Crippen molar-refractivity contribution in [2.45, 2.75) is 13.8 Å². The van der Waals surface area contributed by atoms with Gasteiger partial charge in [0.15, 0.2) is 0 Å². The molecule has 0 aliphatic carbocycles. The maximum Gasteiger partial charge on any atom is 0.337 e. The van der Waals surface area contributed by atoms with Crippen molar-refractivity contribution in [2.24, 2.45) is 0 Å². The van der Waals surface area contributed by atoms with Crippen LogP contribution in [0.25, 0.3) is 11.1 Å². The van der Waals surface area contributed by atoms with Crippen LogP contribution >= 0.6 is 0 Å². The summed E-state index contributed by atoms with van der Waals surface area (Å²) in [7, 11) is 1.35. The van der Waals surface area contributed by atoms with Crippen LogP contribution in [-0.4, -0.2) is 19.0 Å². The average Bonchev–Trinajstić information content (AvgIpc) is 2.48. The lowest BCUT2D eigenvalue weighted by molar-refractivity contribution is -0.114. The molecule has 0 saturated carbocycles. The largest absolute Gasteiger partial charge is 0.465 e. The minimum absolute atomic E-state index is 0.119. The molecular weight excluding hydrogens is 266 g/mol. The monoisotopic (exact) mass is 283 g/mol. The van der Waals surface area contributed by atoms with E-state index >= 15 is 0 Å². The lowest BCUT2D eigenvalue weighted by Crippen LogP contribution is -2.07. The zero-order valence-corrected chi connectivity index (χ0v) is 12.3. The van der Waals surface area contributed by atoms with Crippen molar-refractivity contribution in [1.29, 1.82) is 0 Å². The van der Waals surface area contributed by atoms with E-state index in [1.54, 1.807) is 12.1 Å². The Bertz CT molecular complexity index is 675. The maximum absolute atomic E-state index is 11.4. The van der Waals surface area contributed by atoms with E-state index in [4.69, 9.17) is 0 Å². The van der Waals surface area contributed by atoms with E-state index in [0.717, 1.165) is 22.4 Å². The second kappa shape index (κ2) is 6.22. The maximum atomic E-state index is 11.4. The Morgan fingerprint density at radius 1 is 1.05 bits per heavy atom. The summed E-state index contributed by atoms with van der Waals surface area (Å²) >= 11 is 0. The van der Waals surface area contributed by atoms with Crippen LogP contribution in [0.5, 0.6) is 0 Å². The number of carbonyl (C=O) groups is 2. The molecule has 2 aromatic carbocycles. The van der Waals surface area contributed by atoms with Crippen LogP contribution in [0.3, 0.4) is 0 Å². The standard InChI is InChI=1S/C17H17NO3/c1-11-4-9-16(18-12(2)19)15(10-11)13-5-7-14(8-6-13)17(20)21-3/h4-10H,1-3H3,(H,18,19). The third-order valence-electron chi connectivity index (χ3n) is 3.10. The smallest absolute Gasteiger partial charge is 0.337 e. The van der Waals surface area contributed by atoms with E-state index in [2.05, 4.69) is 10.1 Å². The zero-order valence-electron chi connectivity index (χ0n) is 12.3.